The van der Waals surface area contributed by atoms with Gasteiger partial charge in [0.05, 0.1) is 6.21 Å². The van der Waals surface area contributed by atoms with Crippen LogP contribution in [0.3, 0.4) is 0 Å². The lowest BCUT2D eigenvalue weighted by molar-refractivity contribution is -0.120. The van der Waals surface area contributed by atoms with E-state index in [2.05, 4.69) is 41.4 Å². The maximum Gasteiger partial charge on any atom is 0.239 e. The standard InChI is InChI=1S/C14H21N3O/c1-4-14(18)16-15-11-12-7-9-13(10-8-12)17(5-2)6-3/h7-11H,4-6H2,1-3H3,(H,16,18)/b15-11+. The summed E-state index contributed by atoms with van der Waals surface area (Å²) in [6.07, 6.45) is 2.10. The molecule has 0 aliphatic rings. The molecule has 0 heterocycles. The molecule has 0 atom stereocenters. The number of anilines is 1. The fourth-order valence-corrected chi connectivity index (χ4v) is 1.62. The summed E-state index contributed by atoms with van der Waals surface area (Å²) in [6, 6.07) is 8.12. The van der Waals surface area contributed by atoms with E-state index in [1.807, 2.05) is 12.1 Å². The Bertz CT molecular complexity index is 394. The van der Waals surface area contributed by atoms with Gasteiger partial charge in [0.25, 0.3) is 0 Å². The molecule has 0 bridgehead atoms. The molecule has 0 spiro atoms. The van der Waals surface area contributed by atoms with E-state index in [9.17, 15) is 4.79 Å². The van der Waals surface area contributed by atoms with E-state index in [1.54, 1.807) is 13.1 Å². The molecule has 4 heteroatoms. The number of nitrogens with zero attached hydrogens (tertiary/aromatic N) is 2. The minimum Gasteiger partial charge on any atom is -0.372 e. The average molecular weight is 247 g/mol. The Hall–Kier alpha value is -1.84. The fourth-order valence-electron chi connectivity index (χ4n) is 1.62. The minimum absolute atomic E-state index is 0.0778. The van der Waals surface area contributed by atoms with Crippen LogP contribution < -0.4 is 10.3 Å². The second-order valence-electron chi connectivity index (χ2n) is 3.91. The summed E-state index contributed by atoms with van der Waals surface area (Å²) in [5.74, 6) is -0.0778. The molecule has 1 N–H and O–H groups in total. The van der Waals surface area contributed by atoms with Crippen molar-refractivity contribution >= 4 is 17.8 Å². The van der Waals surface area contributed by atoms with E-state index in [0.29, 0.717) is 6.42 Å². The number of hydrogen-bond donors (Lipinski definition) is 1. The number of hydrazone groups is 1. The van der Waals surface area contributed by atoms with E-state index in [0.717, 1.165) is 18.7 Å². The van der Waals surface area contributed by atoms with Gasteiger partial charge in [0, 0.05) is 25.2 Å². The van der Waals surface area contributed by atoms with Crippen LogP contribution in [0, 0.1) is 0 Å². The zero-order chi connectivity index (χ0) is 13.4. The van der Waals surface area contributed by atoms with Crippen LogP contribution in [0.5, 0.6) is 0 Å². The van der Waals surface area contributed by atoms with Crippen LogP contribution in [0.4, 0.5) is 5.69 Å². The Morgan fingerprint density at radius 3 is 2.33 bits per heavy atom. The highest BCUT2D eigenvalue weighted by atomic mass is 16.2. The first-order valence-corrected chi connectivity index (χ1v) is 6.38. The van der Waals surface area contributed by atoms with Gasteiger partial charge in [0.2, 0.25) is 5.91 Å². The van der Waals surface area contributed by atoms with Crippen LogP contribution >= 0.6 is 0 Å². The Morgan fingerprint density at radius 2 is 1.83 bits per heavy atom. The molecule has 0 fully saturated rings. The third-order valence-electron chi connectivity index (χ3n) is 2.75. The van der Waals surface area contributed by atoms with Gasteiger partial charge in [0.1, 0.15) is 0 Å². The van der Waals surface area contributed by atoms with E-state index >= 15 is 0 Å². The number of amides is 1. The van der Waals surface area contributed by atoms with E-state index in [-0.39, 0.29) is 5.91 Å². The lowest BCUT2D eigenvalue weighted by Crippen LogP contribution is -2.21. The normalized spacial score (nSPS) is 10.6. The molecule has 4 nitrogen and oxygen atoms in total. The number of rotatable bonds is 6. The zero-order valence-corrected chi connectivity index (χ0v) is 11.3. The van der Waals surface area contributed by atoms with Crippen molar-refractivity contribution in [3.8, 4) is 0 Å². The molecule has 98 valence electrons. The average Bonchev–Trinajstić information content (AvgIpc) is 2.41. The van der Waals surface area contributed by atoms with Crippen LogP contribution in [0.1, 0.15) is 32.8 Å². The Kier molecular flexibility index (Phi) is 5.91. The summed E-state index contributed by atoms with van der Waals surface area (Å²) >= 11 is 0. The summed E-state index contributed by atoms with van der Waals surface area (Å²) in [5.41, 5.74) is 4.64. The fraction of sp³-hybridized carbons (Fsp3) is 0.429. The molecule has 0 saturated heterocycles. The number of nitrogens with one attached hydrogen (secondary N) is 1. The molecule has 0 radical (unpaired) electrons. The van der Waals surface area contributed by atoms with Gasteiger partial charge in [-0.15, -0.1) is 0 Å². The van der Waals surface area contributed by atoms with Crippen molar-refractivity contribution in [3.63, 3.8) is 0 Å². The molecule has 1 aromatic rings. The van der Waals surface area contributed by atoms with Crippen LogP contribution in [-0.2, 0) is 4.79 Å². The largest absolute Gasteiger partial charge is 0.372 e. The molecule has 18 heavy (non-hydrogen) atoms. The summed E-state index contributed by atoms with van der Waals surface area (Å²) in [5, 5.41) is 3.89. The summed E-state index contributed by atoms with van der Waals surface area (Å²) < 4.78 is 0. The van der Waals surface area contributed by atoms with Gasteiger partial charge in [-0.05, 0) is 31.5 Å². The van der Waals surface area contributed by atoms with Crippen molar-refractivity contribution in [1.29, 1.82) is 0 Å². The van der Waals surface area contributed by atoms with Crippen molar-refractivity contribution in [2.75, 3.05) is 18.0 Å². The van der Waals surface area contributed by atoms with Gasteiger partial charge in [0.15, 0.2) is 0 Å². The SMILES string of the molecule is CCC(=O)N/N=C/c1ccc(N(CC)CC)cc1. The van der Waals surface area contributed by atoms with Gasteiger partial charge in [-0.1, -0.05) is 19.1 Å². The first kappa shape index (κ1) is 14.2. The lowest BCUT2D eigenvalue weighted by atomic mass is 10.2. The van der Waals surface area contributed by atoms with Gasteiger partial charge < -0.3 is 4.90 Å². The van der Waals surface area contributed by atoms with Crippen LogP contribution in [-0.4, -0.2) is 25.2 Å². The number of carbonyl (C=O) groups is 1. The number of hydrogen-bond acceptors (Lipinski definition) is 3. The van der Waals surface area contributed by atoms with E-state index < -0.39 is 0 Å². The minimum atomic E-state index is -0.0778. The van der Waals surface area contributed by atoms with Crippen LogP contribution in [0.2, 0.25) is 0 Å². The molecule has 0 aliphatic carbocycles. The highest BCUT2D eigenvalue weighted by Crippen LogP contribution is 2.13. The van der Waals surface area contributed by atoms with E-state index in [1.165, 1.54) is 5.69 Å². The van der Waals surface area contributed by atoms with Gasteiger partial charge in [-0.2, -0.15) is 5.10 Å². The molecule has 1 rings (SSSR count). The monoisotopic (exact) mass is 247 g/mol. The summed E-state index contributed by atoms with van der Waals surface area (Å²) in [7, 11) is 0. The summed E-state index contributed by atoms with van der Waals surface area (Å²) in [6.45, 7) is 8.06. The molecule has 0 aromatic heterocycles. The first-order chi connectivity index (χ1) is 8.71. The topological polar surface area (TPSA) is 44.7 Å². The Morgan fingerprint density at radius 1 is 1.22 bits per heavy atom. The second-order valence-corrected chi connectivity index (χ2v) is 3.91. The second kappa shape index (κ2) is 7.48. The number of benzene rings is 1. The maximum atomic E-state index is 11.0. The molecule has 0 saturated carbocycles. The summed E-state index contributed by atoms with van der Waals surface area (Å²) in [4.78, 5) is 13.3. The van der Waals surface area contributed by atoms with Crippen LogP contribution in [0.25, 0.3) is 0 Å². The van der Waals surface area contributed by atoms with Crippen molar-refractivity contribution in [1.82, 2.24) is 5.43 Å². The molecular weight excluding hydrogens is 226 g/mol. The molecule has 0 aliphatic heterocycles. The first-order valence-electron chi connectivity index (χ1n) is 6.38. The third-order valence-corrected chi connectivity index (χ3v) is 2.75. The quantitative estimate of drug-likeness (QED) is 0.619. The molecular formula is C14H21N3O. The highest BCUT2D eigenvalue weighted by molar-refractivity contribution is 5.82. The molecule has 1 amide bonds. The molecule has 0 unspecified atom stereocenters. The van der Waals surface area contributed by atoms with Gasteiger partial charge in [-0.25, -0.2) is 5.43 Å². The lowest BCUT2D eigenvalue weighted by Gasteiger charge is -2.20. The van der Waals surface area contributed by atoms with Crippen molar-refractivity contribution in [2.45, 2.75) is 27.2 Å². The van der Waals surface area contributed by atoms with Crippen LogP contribution in [0.15, 0.2) is 29.4 Å². The van der Waals surface area contributed by atoms with Gasteiger partial charge in [-0.3, -0.25) is 4.79 Å². The van der Waals surface area contributed by atoms with Gasteiger partial charge >= 0.3 is 0 Å². The third kappa shape index (κ3) is 4.20. The highest BCUT2D eigenvalue weighted by Gasteiger charge is 2.00. The smallest absolute Gasteiger partial charge is 0.239 e. The zero-order valence-electron chi connectivity index (χ0n) is 11.3. The predicted octanol–water partition coefficient (Wildman–Crippen LogP) is 2.39. The number of carbonyl (C=O) groups excluding carboxylic acids is 1. The van der Waals surface area contributed by atoms with Crippen molar-refractivity contribution in [3.05, 3.63) is 29.8 Å². The maximum absolute atomic E-state index is 11.0. The Balaban J connectivity index is 2.62. The predicted molar refractivity (Wildman–Crippen MR) is 76.0 cm³/mol. The van der Waals surface area contributed by atoms with Crippen molar-refractivity contribution < 1.29 is 4.79 Å². The Labute approximate surface area is 109 Å². The molecule has 1 aromatic carbocycles. The van der Waals surface area contributed by atoms with Crippen molar-refractivity contribution in [2.24, 2.45) is 5.10 Å². The van der Waals surface area contributed by atoms with E-state index in [4.69, 9.17) is 0 Å².